The van der Waals surface area contributed by atoms with Crippen molar-refractivity contribution in [2.24, 2.45) is 0 Å². The number of hydrogen-bond acceptors (Lipinski definition) is 4. The molecule has 6 nitrogen and oxygen atoms in total. The lowest BCUT2D eigenvalue weighted by atomic mass is 10.2. The van der Waals surface area contributed by atoms with Gasteiger partial charge in [0.05, 0.1) is 16.1 Å². The quantitative estimate of drug-likeness (QED) is 0.671. The molecule has 0 unspecified atom stereocenters. The van der Waals surface area contributed by atoms with Crippen molar-refractivity contribution in [1.29, 1.82) is 0 Å². The van der Waals surface area contributed by atoms with E-state index in [-0.39, 0.29) is 35.3 Å². The molecule has 1 N–H and O–H groups in total. The maximum absolute atomic E-state index is 13.6. The second-order valence-corrected chi connectivity index (χ2v) is 7.43. The standard InChI is InChI=1S/C20H18ClF5N4O2/c21-15-9-12(20(24,25)26)11-28-18(15)30-7-5-29(6-8-30)17(31)3-4-27-19(32)14-2-1-13(22)10-16(14)23/h1-2,9-11H,3-8H2,(H,27,32). The maximum atomic E-state index is 13.6. The predicted octanol–water partition coefficient (Wildman–Crippen LogP) is 3.50. The lowest BCUT2D eigenvalue weighted by Crippen LogP contribution is -2.49. The van der Waals surface area contributed by atoms with Crippen LogP contribution in [0.25, 0.3) is 0 Å². The Morgan fingerprint density at radius 1 is 1.09 bits per heavy atom. The van der Waals surface area contributed by atoms with Gasteiger partial charge in [0, 0.05) is 51.4 Å². The molecule has 32 heavy (non-hydrogen) atoms. The molecule has 172 valence electrons. The minimum absolute atomic E-state index is 0.0339. The Morgan fingerprint density at radius 3 is 2.38 bits per heavy atom. The molecule has 1 aliphatic rings. The molecule has 0 aliphatic carbocycles. The number of benzene rings is 1. The van der Waals surface area contributed by atoms with Crippen LogP contribution in [0, 0.1) is 11.6 Å². The van der Waals surface area contributed by atoms with Crippen LogP contribution in [0.5, 0.6) is 0 Å². The SMILES string of the molecule is O=C(NCCC(=O)N1CCN(c2ncc(C(F)(F)F)cc2Cl)CC1)c1ccc(F)cc1F. The number of nitrogens with one attached hydrogen (secondary N) is 1. The number of aromatic nitrogens is 1. The van der Waals surface area contributed by atoms with Crippen LogP contribution in [0.3, 0.4) is 0 Å². The highest BCUT2D eigenvalue weighted by molar-refractivity contribution is 6.33. The summed E-state index contributed by atoms with van der Waals surface area (Å²) in [5.41, 5.74) is -1.27. The third kappa shape index (κ3) is 5.64. The highest BCUT2D eigenvalue weighted by Crippen LogP contribution is 2.33. The summed E-state index contributed by atoms with van der Waals surface area (Å²) >= 11 is 5.96. The Kier molecular flexibility index (Phi) is 7.17. The summed E-state index contributed by atoms with van der Waals surface area (Å²) in [4.78, 5) is 31.4. The largest absolute Gasteiger partial charge is 0.417 e. The van der Waals surface area contributed by atoms with Gasteiger partial charge in [-0.3, -0.25) is 9.59 Å². The first kappa shape index (κ1) is 23.7. The van der Waals surface area contributed by atoms with E-state index in [9.17, 15) is 31.5 Å². The van der Waals surface area contributed by atoms with Crippen molar-refractivity contribution in [3.63, 3.8) is 0 Å². The van der Waals surface area contributed by atoms with Gasteiger partial charge in [-0.2, -0.15) is 13.2 Å². The molecule has 0 bridgehead atoms. The summed E-state index contributed by atoms with van der Waals surface area (Å²) in [5.74, 6) is -2.61. The summed E-state index contributed by atoms with van der Waals surface area (Å²) in [7, 11) is 0. The van der Waals surface area contributed by atoms with E-state index in [0.717, 1.165) is 18.2 Å². The lowest BCUT2D eigenvalue weighted by Gasteiger charge is -2.36. The number of amides is 2. The zero-order valence-corrected chi connectivity index (χ0v) is 17.3. The summed E-state index contributed by atoms with van der Waals surface area (Å²) in [5, 5.41) is 2.28. The summed E-state index contributed by atoms with van der Waals surface area (Å²) in [6.45, 7) is 1.17. The molecule has 0 saturated carbocycles. The fourth-order valence-corrected chi connectivity index (χ4v) is 3.48. The van der Waals surface area contributed by atoms with E-state index < -0.39 is 29.3 Å². The van der Waals surface area contributed by atoms with Crippen LogP contribution < -0.4 is 10.2 Å². The minimum Gasteiger partial charge on any atom is -0.352 e. The molecule has 1 fully saturated rings. The molecule has 1 aromatic heterocycles. The molecule has 0 atom stereocenters. The van der Waals surface area contributed by atoms with Gasteiger partial charge in [-0.15, -0.1) is 0 Å². The fraction of sp³-hybridized carbons (Fsp3) is 0.350. The maximum Gasteiger partial charge on any atom is 0.417 e. The third-order valence-electron chi connectivity index (χ3n) is 4.88. The Bertz CT molecular complexity index is 1010. The number of alkyl halides is 3. The van der Waals surface area contributed by atoms with Crippen LogP contribution in [0.4, 0.5) is 27.8 Å². The Hall–Kier alpha value is -2.95. The molecule has 0 radical (unpaired) electrons. The van der Waals surface area contributed by atoms with E-state index in [1.54, 1.807) is 9.80 Å². The van der Waals surface area contributed by atoms with Crippen molar-refractivity contribution in [2.45, 2.75) is 12.6 Å². The smallest absolute Gasteiger partial charge is 0.352 e. The van der Waals surface area contributed by atoms with Crippen molar-refractivity contribution in [3.8, 4) is 0 Å². The van der Waals surface area contributed by atoms with Gasteiger partial charge < -0.3 is 15.1 Å². The number of pyridine rings is 1. The van der Waals surface area contributed by atoms with Gasteiger partial charge in [0.1, 0.15) is 17.5 Å². The first-order valence-electron chi connectivity index (χ1n) is 9.55. The Morgan fingerprint density at radius 2 is 1.78 bits per heavy atom. The molecule has 2 heterocycles. The van der Waals surface area contributed by atoms with Crippen molar-refractivity contribution in [1.82, 2.24) is 15.2 Å². The molecular formula is C20H18ClF5N4O2. The highest BCUT2D eigenvalue weighted by Gasteiger charge is 2.32. The van der Waals surface area contributed by atoms with Crippen LogP contribution in [-0.4, -0.2) is 54.4 Å². The second kappa shape index (κ2) is 9.68. The molecule has 1 saturated heterocycles. The van der Waals surface area contributed by atoms with Crippen LogP contribution in [-0.2, 0) is 11.0 Å². The van der Waals surface area contributed by atoms with Gasteiger partial charge in [0.25, 0.3) is 5.91 Å². The molecule has 1 aliphatic heterocycles. The Labute approximate surface area is 185 Å². The molecule has 2 aromatic rings. The summed E-state index contributed by atoms with van der Waals surface area (Å²) < 4.78 is 64.8. The molecule has 2 amide bonds. The van der Waals surface area contributed by atoms with Crippen molar-refractivity contribution in [2.75, 3.05) is 37.6 Å². The number of carbonyl (C=O) groups excluding carboxylic acids is 2. The van der Waals surface area contributed by atoms with Crippen LogP contribution in [0.2, 0.25) is 5.02 Å². The molecular weight excluding hydrogens is 459 g/mol. The first-order chi connectivity index (χ1) is 15.1. The number of halogens is 6. The normalized spacial score (nSPS) is 14.4. The number of carbonyl (C=O) groups is 2. The molecule has 0 spiro atoms. The first-order valence-corrected chi connectivity index (χ1v) is 9.93. The van der Waals surface area contributed by atoms with Gasteiger partial charge in [-0.25, -0.2) is 13.8 Å². The zero-order chi connectivity index (χ0) is 23.5. The summed E-state index contributed by atoms with van der Waals surface area (Å²) in [6.07, 6.45) is -3.86. The highest BCUT2D eigenvalue weighted by atomic mass is 35.5. The molecule has 3 rings (SSSR count). The van der Waals surface area contributed by atoms with Gasteiger partial charge in [-0.05, 0) is 18.2 Å². The van der Waals surface area contributed by atoms with E-state index in [1.165, 1.54) is 0 Å². The van der Waals surface area contributed by atoms with Crippen molar-refractivity contribution in [3.05, 3.63) is 58.2 Å². The number of nitrogens with zero attached hydrogens (tertiary/aromatic N) is 3. The fourth-order valence-electron chi connectivity index (χ4n) is 3.20. The molecule has 1 aromatic carbocycles. The number of hydrogen-bond donors (Lipinski definition) is 1. The van der Waals surface area contributed by atoms with E-state index in [1.807, 2.05) is 0 Å². The third-order valence-corrected chi connectivity index (χ3v) is 5.16. The lowest BCUT2D eigenvalue weighted by molar-refractivity contribution is -0.137. The van der Waals surface area contributed by atoms with Crippen LogP contribution in [0.1, 0.15) is 22.3 Å². The monoisotopic (exact) mass is 476 g/mol. The van der Waals surface area contributed by atoms with Crippen LogP contribution >= 0.6 is 11.6 Å². The molecule has 12 heteroatoms. The van der Waals surface area contributed by atoms with Gasteiger partial charge in [0.2, 0.25) is 5.91 Å². The zero-order valence-electron chi connectivity index (χ0n) is 16.6. The van der Waals surface area contributed by atoms with E-state index in [2.05, 4.69) is 10.3 Å². The van der Waals surface area contributed by atoms with Gasteiger partial charge in [0.15, 0.2) is 0 Å². The van der Waals surface area contributed by atoms with Gasteiger partial charge >= 0.3 is 6.18 Å². The summed E-state index contributed by atoms with van der Waals surface area (Å²) in [6, 6.07) is 3.38. The van der Waals surface area contributed by atoms with Crippen LogP contribution in [0.15, 0.2) is 30.5 Å². The van der Waals surface area contributed by atoms with Gasteiger partial charge in [-0.1, -0.05) is 11.6 Å². The topological polar surface area (TPSA) is 65.5 Å². The average molecular weight is 477 g/mol. The number of piperazine rings is 1. The number of anilines is 1. The van der Waals surface area contributed by atoms with Crippen molar-refractivity contribution >= 4 is 29.2 Å². The second-order valence-electron chi connectivity index (χ2n) is 7.03. The Balaban J connectivity index is 1.48. The predicted molar refractivity (Wildman–Crippen MR) is 106 cm³/mol. The van der Waals surface area contributed by atoms with Crippen molar-refractivity contribution < 1.29 is 31.5 Å². The van der Waals surface area contributed by atoms with E-state index in [0.29, 0.717) is 38.4 Å². The number of rotatable bonds is 5. The van der Waals surface area contributed by atoms with E-state index in [4.69, 9.17) is 11.6 Å². The van der Waals surface area contributed by atoms with E-state index >= 15 is 0 Å². The average Bonchev–Trinajstić information content (AvgIpc) is 2.73. The minimum atomic E-state index is -4.54.